The largest absolute Gasteiger partial charge is 0.434 e. The molecule has 2 rings (SSSR count). The number of aliphatic hydroxyl groups is 1. The van der Waals surface area contributed by atoms with Gasteiger partial charge in [-0.05, 0) is 24.8 Å². The summed E-state index contributed by atoms with van der Waals surface area (Å²) in [6.45, 7) is -1.93. The van der Waals surface area contributed by atoms with E-state index >= 15 is 0 Å². The van der Waals surface area contributed by atoms with E-state index in [-0.39, 0.29) is 11.9 Å². The summed E-state index contributed by atoms with van der Waals surface area (Å²) in [7, 11) is 0. The molecular formula is C15H21F2NO2. The smallest absolute Gasteiger partial charge is 0.387 e. The molecule has 1 atom stereocenters. The molecule has 112 valence electrons. The third-order valence-electron chi connectivity index (χ3n) is 3.80. The van der Waals surface area contributed by atoms with E-state index in [9.17, 15) is 13.9 Å². The van der Waals surface area contributed by atoms with Crippen molar-refractivity contribution in [3.8, 4) is 5.75 Å². The van der Waals surface area contributed by atoms with Gasteiger partial charge in [0.05, 0.1) is 6.10 Å². The summed E-state index contributed by atoms with van der Waals surface area (Å²) in [5, 5.41) is 13.1. The summed E-state index contributed by atoms with van der Waals surface area (Å²) in [5.74, 6) is 0.556. The van der Waals surface area contributed by atoms with E-state index in [0.717, 1.165) is 12.8 Å². The molecular weight excluding hydrogens is 264 g/mol. The normalized spacial score (nSPS) is 17.6. The second-order valence-electron chi connectivity index (χ2n) is 5.23. The molecule has 1 fully saturated rings. The lowest BCUT2D eigenvalue weighted by atomic mass is 10.0. The van der Waals surface area contributed by atoms with Crippen LogP contribution in [0.3, 0.4) is 0 Å². The zero-order chi connectivity index (χ0) is 14.4. The highest BCUT2D eigenvalue weighted by atomic mass is 19.3. The fraction of sp³-hybridized carbons (Fsp3) is 0.600. The fourth-order valence-corrected chi connectivity index (χ4v) is 2.72. The van der Waals surface area contributed by atoms with Gasteiger partial charge in [-0.1, -0.05) is 31.0 Å². The quantitative estimate of drug-likeness (QED) is 0.809. The predicted octanol–water partition coefficient (Wildman–Crippen LogP) is 2.93. The molecule has 20 heavy (non-hydrogen) atoms. The minimum Gasteiger partial charge on any atom is -0.434 e. The molecule has 0 aromatic heterocycles. The molecule has 1 aliphatic carbocycles. The second kappa shape index (κ2) is 7.55. The Bertz CT molecular complexity index is 409. The first-order chi connectivity index (χ1) is 9.66. The molecule has 0 heterocycles. The van der Waals surface area contributed by atoms with Crippen molar-refractivity contribution in [2.45, 2.75) is 44.9 Å². The molecule has 3 nitrogen and oxygen atoms in total. The fourth-order valence-electron chi connectivity index (χ4n) is 2.72. The number of alkyl halides is 2. The van der Waals surface area contributed by atoms with E-state index in [2.05, 4.69) is 10.1 Å². The number of ether oxygens (including phenoxy) is 1. The van der Waals surface area contributed by atoms with E-state index < -0.39 is 6.61 Å². The second-order valence-corrected chi connectivity index (χ2v) is 5.23. The molecule has 1 aliphatic rings. The van der Waals surface area contributed by atoms with Gasteiger partial charge in [0.15, 0.2) is 0 Å². The van der Waals surface area contributed by atoms with Crippen molar-refractivity contribution in [1.29, 1.82) is 0 Å². The van der Waals surface area contributed by atoms with Gasteiger partial charge < -0.3 is 15.2 Å². The molecule has 0 spiro atoms. The first kappa shape index (κ1) is 15.2. The van der Waals surface area contributed by atoms with Crippen LogP contribution in [-0.4, -0.2) is 24.4 Å². The van der Waals surface area contributed by atoms with Crippen LogP contribution in [0.2, 0.25) is 0 Å². The maximum absolute atomic E-state index is 12.3. The van der Waals surface area contributed by atoms with E-state index in [1.54, 1.807) is 18.2 Å². The molecule has 0 radical (unpaired) electrons. The predicted molar refractivity (Wildman–Crippen MR) is 72.7 cm³/mol. The van der Waals surface area contributed by atoms with Crippen LogP contribution in [0.25, 0.3) is 0 Å². The minimum absolute atomic E-state index is 0.186. The van der Waals surface area contributed by atoms with Gasteiger partial charge in [-0.25, -0.2) is 0 Å². The van der Waals surface area contributed by atoms with Crippen molar-refractivity contribution >= 4 is 0 Å². The van der Waals surface area contributed by atoms with Gasteiger partial charge in [0.1, 0.15) is 5.75 Å². The lowest BCUT2D eigenvalue weighted by molar-refractivity contribution is -0.0505. The van der Waals surface area contributed by atoms with Crippen molar-refractivity contribution in [1.82, 2.24) is 5.32 Å². The third kappa shape index (κ3) is 4.42. The van der Waals surface area contributed by atoms with Crippen molar-refractivity contribution in [3.63, 3.8) is 0 Å². The highest BCUT2D eigenvalue weighted by Gasteiger charge is 2.22. The molecule has 1 saturated carbocycles. The summed E-state index contributed by atoms with van der Waals surface area (Å²) in [5.41, 5.74) is 0.673. The van der Waals surface area contributed by atoms with Crippen LogP contribution in [0.5, 0.6) is 5.75 Å². The first-order valence-corrected chi connectivity index (χ1v) is 7.08. The van der Waals surface area contributed by atoms with Crippen LogP contribution >= 0.6 is 0 Å². The zero-order valence-corrected chi connectivity index (χ0v) is 11.4. The molecule has 1 unspecified atom stereocenters. The van der Waals surface area contributed by atoms with Gasteiger partial charge in [-0.3, -0.25) is 0 Å². The molecule has 1 aromatic rings. The lowest BCUT2D eigenvalue weighted by Crippen LogP contribution is -2.31. The monoisotopic (exact) mass is 285 g/mol. The number of rotatable bonds is 7. The Labute approximate surface area is 117 Å². The van der Waals surface area contributed by atoms with Crippen LogP contribution in [0.4, 0.5) is 8.78 Å². The number of hydrogen-bond donors (Lipinski definition) is 2. The Balaban J connectivity index is 1.81. The van der Waals surface area contributed by atoms with Crippen molar-refractivity contribution in [3.05, 3.63) is 29.8 Å². The average Bonchev–Trinajstić information content (AvgIpc) is 2.94. The molecule has 5 heteroatoms. The summed E-state index contributed by atoms with van der Waals surface area (Å²) >= 11 is 0. The molecule has 0 amide bonds. The van der Waals surface area contributed by atoms with E-state index in [4.69, 9.17) is 0 Å². The number of para-hydroxylation sites is 1. The summed E-state index contributed by atoms with van der Waals surface area (Å²) in [6.07, 6.45) is 4.17. The highest BCUT2D eigenvalue weighted by molar-refractivity contribution is 5.33. The van der Waals surface area contributed by atoms with E-state index in [0.29, 0.717) is 24.6 Å². The van der Waals surface area contributed by atoms with Gasteiger partial charge >= 0.3 is 6.61 Å². The Morgan fingerprint density at radius 2 is 1.95 bits per heavy atom. The maximum atomic E-state index is 12.3. The minimum atomic E-state index is -2.82. The summed E-state index contributed by atoms with van der Waals surface area (Å²) < 4.78 is 29.0. The van der Waals surface area contributed by atoms with Crippen LogP contribution in [0.15, 0.2) is 24.3 Å². The summed E-state index contributed by atoms with van der Waals surface area (Å²) in [6, 6.07) is 6.71. The van der Waals surface area contributed by atoms with Gasteiger partial charge in [0.25, 0.3) is 0 Å². The molecule has 1 aromatic carbocycles. The standard InChI is InChI=1S/C15H21F2NO2/c16-15(17)20-14-8-4-3-7-12(14)9-18-10-13(19)11-5-1-2-6-11/h3-4,7-8,11,13,15,18-19H,1-2,5-6,9-10H2. The maximum Gasteiger partial charge on any atom is 0.387 e. The summed E-state index contributed by atoms with van der Waals surface area (Å²) in [4.78, 5) is 0. The Hall–Kier alpha value is -1.20. The molecule has 0 saturated heterocycles. The molecule has 0 bridgehead atoms. The van der Waals surface area contributed by atoms with Gasteiger partial charge in [0, 0.05) is 18.7 Å². The zero-order valence-electron chi connectivity index (χ0n) is 11.4. The van der Waals surface area contributed by atoms with Gasteiger partial charge in [-0.2, -0.15) is 8.78 Å². The van der Waals surface area contributed by atoms with Crippen LogP contribution in [0, 0.1) is 5.92 Å². The number of halogens is 2. The third-order valence-corrected chi connectivity index (χ3v) is 3.80. The highest BCUT2D eigenvalue weighted by Crippen LogP contribution is 2.27. The van der Waals surface area contributed by atoms with Crippen molar-refractivity contribution < 1.29 is 18.6 Å². The van der Waals surface area contributed by atoms with Crippen molar-refractivity contribution in [2.24, 2.45) is 5.92 Å². The number of hydrogen-bond acceptors (Lipinski definition) is 3. The Morgan fingerprint density at radius 3 is 2.65 bits per heavy atom. The van der Waals surface area contributed by atoms with Gasteiger partial charge in [0.2, 0.25) is 0 Å². The van der Waals surface area contributed by atoms with Crippen LogP contribution in [0.1, 0.15) is 31.2 Å². The number of nitrogens with one attached hydrogen (secondary N) is 1. The van der Waals surface area contributed by atoms with E-state index in [1.165, 1.54) is 18.9 Å². The first-order valence-electron chi connectivity index (χ1n) is 7.08. The van der Waals surface area contributed by atoms with Crippen molar-refractivity contribution in [2.75, 3.05) is 6.54 Å². The van der Waals surface area contributed by atoms with Gasteiger partial charge in [-0.15, -0.1) is 0 Å². The number of aliphatic hydroxyl groups excluding tert-OH is 1. The molecule has 0 aliphatic heterocycles. The Morgan fingerprint density at radius 1 is 1.25 bits per heavy atom. The van der Waals surface area contributed by atoms with E-state index in [1.807, 2.05) is 0 Å². The lowest BCUT2D eigenvalue weighted by Gasteiger charge is -2.18. The molecule has 2 N–H and O–H groups in total. The number of benzene rings is 1. The Kier molecular flexibility index (Phi) is 5.73. The topological polar surface area (TPSA) is 41.5 Å². The van der Waals surface area contributed by atoms with Crippen LogP contribution in [-0.2, 0) is 6.54 Å². The van der Waals surface area contributed by atoms with Crippen LogP contribution < -0.4 is 10.1 Å². The SMILES string of the molecule is OC(CNCc1ccccc1OC(F)F)C1CCCC1. The average molecular weight is 285 g/mol.